The lowest BCUT2D eigenvalue weighted by Gasteiger charge is -2.34. The monoisotopic (exact) mass is 364 g/mol. The van der Waals surface area contributed by atoms with E-state index in [1.54, 1.807) is 9.80 Å². The first-order chi connectivity index (χ1) is 11.5. The quantitative estimate of drug-likeness (QED) is 0.891. The van der Waals surface area contributed by atoms with Crippen molar-refractivity contribution < 1.29 is 14.7 Å². The minimum Gasteiger partial charge on any atom is -0.507 e. The number of piperazine rings is 1. The second-order valence-corrected chi connectivity index (χ2v) is 7.38. The molecule has 2 heterocycles. The van der Waals surface area contributed by atoms with Crippen molar-refractivity contribution >= 4 is 34.8 Å². The van der Waals surface area contributed by atoms with Gasteiger partial charge in [-0.1, -0.05) is 11.6 Å². The molecule has 1 saturated heterocycles. The van der Waals surface area contributed by atoms with Crippen molar-refractivity contribution in [3.63, 3.8) is 0 Å². The van der Waals surface area contributed by atoms with E-state index in [9.17, 15) is 14.7 Å². The second kappa shape index (κ2) is 6.83. The van der Waals surface area contributed by atoms with Crippen LogP contribution in [0.15, 0.2) is 30.3 Å². The van der Waals surface area contributed by atoms with Gasteiger partial charge in [-0.25, -0.2) is 0 Å². The maximum absolute atomic E-state index is 12.5. The Morgan fingerprint density at radius 3 is 2.25 bits per heavy atom. The molecule has 3 rings (SSSR count). The predicted molar refractivity (Wildman–Crippen MR) is 94.0 cm³/mol. The van der Waals surface area contributed by atoms with Gasteiger partial charge >= 0.3 is 0 Å². The van der Waals surface area contributed by atoms with E-state index in [0.29, 0.717) is 31.2 Å². The lowest BCUT2D eigenvalue weighted by atomic mass is 10.1. The second-order valence-electron chi connectivity index (χ2n) is 5.66. The third kappa shape index (κ3) is 3.39. The largest absolute Gasteiger partial charge is 0.507 e. The fourth-order valence-corrected chi connectivity index (χ4v) is 3.68. The molecule has 1 aromatic heterocycles. The highest BCUT2D eigenvalue weighted by Crippen LogP contribution is 2.24. The van der Waals surface area contributed by atoms with Crippen LogP contribution >= 0.6 is 22.9 Å². The van der Waals surface area contributed by atoms with Crippen molar-refractivity contribution in [2.75, 3.05) is 26.2 Å². The Labute approximate surface area is 149 Å². The van der Waals surface area contributed by atoms with Crippen LogP contribution in [0.1, 0.15) is 24.9 Å². The van der Waals surface area contributed by atoms with Crippen molar-refractivity contribution in [1.29, 1.82) is 0 Å². The summed E-state index contributed by atoms with van der Waals surface area (Å²) in [5.74, 6) is -0.350. The summed E-state index contributed by atoms with van der Waals surface area (Å²) in [6.07, 6.45) is 0. The minimum atomic E-state index is -0.269. The normalized spacial score (nSPS) is 14.8. The van der Waals surface area contributed by atoms with E-state index in [1.807, 2.05) is 19.1 Å². The van der Waals surface area contributed by atoms with E-state index in [4.69, 9.17) is 11.6 Å². The van der Waals surface area contributed by atoms with Crippen LogP contribution in [-0.4, -0.2) is 52.9 Å². The van der Waals surface area contributed by atoms with Crippen LogP contribution in [0.2, 0.25) is 5.02 Å². The SMILES string of the molecule is Cc1ccc(C(=O)N2CCN(C(=O)c3cc(Cl)ccc3O)CC2)s1. The number of aryl methyl sites for hydroxylation is 1. The highest BCUT2D eigenvalue weighted by molar-refractivity contribution is 7.13. The zero-order valence-corrected chi connectivity index (χ0v) is 14.7. The standard InChI is InChI=1S/C17H17ClN2O3S/c1-11-2-5-15(24-11)17(23)20-8-6-19(7-9-20)16(22)13-10-12(18)3-4-14(13)21/h2-5,10,21H,6-9H2,1H3. The number of halogens is 1. The van der Waals surface area contributed by atoms with Gasteiger partial charge in [0.25, 0.3) is 11.8 Å². The van der Waals surface area contributed by atoms with E-state index in [-0.39, 0.29) is 23.1 Å². The first-order valence-corrected chi connectivity index (χ1v) is 8.78. The molecule has 0 bridgehead atoms. The number of aromatic hydroxyl groups is 1. The Hall–Kier alpha value is -2.05. The molecule has 24 heavy (non-hydrogen) atoms. The maximum Gasteiger partial charge on any atom is 0.264 e. The smallest absolute Gasteiger partial charge is 0.264 e. The highest BCUT2D eigenvalue weighted by atomic mass is 35.5. The van der Waals surface area contributed by atoms with Crippen LogP contribution in [0.25, 0.3) is 0 Å². The first kappa shape index (κ1) is 16.8. The number of carbonyl (C=O) groups excluding carboxylic acids is 2. The molecule has 0 atom stereocenters. The molecule has 0 aliphatic carbocycles. The van der Waals surface area contributed by atoms with Crippen LogP contribution in [0.3, 0.4) is 0 Å². The number of nitrogens with zero attached hydrogens (tertiary/aromatic N) is 2. The predicted octanol–water partition coefficient (Wildman–Crippen LogP) is 3.01. The highest BCUT2D eigenvalue weighted by Gasteiger charge is 2.27. The fourth-order valence-electron chi connectivity index (χ4n) is 2.67. The molecule has 0 unspecified atom stereocenters. The summed E-state index contributed by atoms with van der Waals surface area (Å²) < 4.78 is 0. The molecule has 5 nitrogen and oxygen atoms in total. The Morgan fingerprint density at radius 2 is 1.67 bits per heavy atom. The van der Waals surface area contributed by atoms with Crippen molar-refractivity contribution in [3.8, 4) is 5.75 Å². The topological polar surface area (TPSA) is 60.9 Å². The molecule has 0 saturated carbocycles. The lowest BCUT2D eigenvalue weighted by molar-refractivity contribution is 0.0536. The van der Waals surface area contributed by atoms with E-state index in [1.165, 1.54) is 29.5 Å². The number of benzene rings is 1. The summed E-state index contributed by atoms with van der Waals surface area (Å²) >= 11 is 7.38. The Kier molecular flexibility index (Phi) is 4.78. The Bertz CT molecular complexity index is 782. The summed E-state index contributed by atoms with van der Waals surface area (Å²) in [5, 5.41) is 10.3. The summed E-state index contributed by atoms with van der Waals surface area (Å²) in [7, 11) is 0. The maximum atomic E-state index is 12.5. The van der Waals surface area contributed by atoms with Crippen LogP contribution in [0.5, 0.6) is 5.75 Å². The zero-order valence-electron chi connectivity index (χ0n) is 13.2. The Morgan fingerprint density at radius 1 is 1.04 bits per heavy atom. The number of carbonyl (C=O) groups is 2. The van der Waals surface area contributed by atoms with Gasteiger partial charge in [0.2, 0.25) is 0 Å². The van der Waals surface area contributed by atoms with Gasteiger partial charge in [-0.15, -0.1) is 11.3 Å². The summed E-state index contributed by atoms with van der Waals surface area (Å²) in [4.78, 5) is 30.2. The summed E-state index contributed by atoms with van der Waals surface area (Å²) in [5.41, 5.74) is 0.191. The molecule has 1 aliphatic rings. The van der Waals surface area contributed by atoms with Gasteiger partial charge in [0.1, 0.15) is 5.75 Å². The van der Waals surface area contributed by atoms with E-state index < -0.39 is 0 Å². The minimum absolute atomic E-state index is 0.00537. The molecule has 2 amide bonds. The summed E-state index contributed by atoms with van der Waals surface area (Å²) in [6, 6.07) is 8.18. The van der Waals surface area contributed by atoms with Crippen molar-refractivity contribution in [3.05, 3.63) is 50.7 Å². The van der Waals surface area contributed by atoms with Crippen LogP contribution in [0, 0.1) is 6.92 Å². The van der Waals surface area contributed by atoms with Crippen molar-refractivity contribution in [2.45, 2.75) is 6.92 Å². The van der Waals surface area contributed by atoms with Gasteiger partial charge in [-0.05, 0) is 37.3 Å². The van der Waals surface area contributed by atoms with E-state index in [2.05, 4.69) is 0 Å². The zero-order chi connectivity index (χ0) is 17.3. The average Bonchev–Trinajstić information content (AvgIpc) is 3.02. The number of thiophene rings is 1. The van der Waals surface area contributed by atoms with Gasteiger partial charge in [0.15, 0.2) is 0 Å². The van der Waals surface area contributed by atoms with Crippen LogP contribution < -0.4 is 0 Å². The van der Waals surface area contributed by atoms with Crippen molar-refractivity contribution in [2.24, 2.45) is 0 Å². The summed E-state index contributed by atoms with van der Waals surface area (Å²) in [6.45, 7) is 3.78. The molecular formula is C17H17ClN2O3S. The Balaban J connectivity index is 1.65. The molecule has 2 aromatic rings. The van der Waals surface area contributed by atoms with Crippen LogP contribution in [0.4, 0.5) is 0 Å². The van der Waals surface area contributed by atoms with Gasteiger partial charge in [-0.2, -0.15) is 0 Å². The molecule has 1 fully saturated rings. The number of phenolic OH excluding ortho intramolecular Hbond substituents is 1. The molecular weight excluding hydrogens is 348 g/mol. The number of hydrogen-bond acceptors (Lipinski definition) is 4. The number of phenols is 1. The fraction of sp³-hybridized carbons (Fsp3) is 0.294. The van der Waals surface area contributed by atoms with Gasteiger partial charge < -0.3 is 14.9 Å². The number of amides is 2. The number of hydrogen-bond donors (Lipinski definition) is 1. The average molecular weight is 365 g/mol. The third-order valence-electron chi connectivity index (χ3n) is 3.99. The third-order valence-corrected chi connectivity index (χ3v) is 5.22. The van der Waals surface area contributed by atoms with Gasteiger partial charge in [-0.3, -0.25) is 9.59 Å². The van der Waals surface area contributed by atoms with E-state index >= 15 is 0 Å². The van der Waals surface area contributed by atoms with Crippen molar-refractivity contribution in [1.82, 2.24) is 9.80 Å². The van der Waals surface area contributed by atoms with E-state index in [0.717, 1.165) is 9.75 Å². The van der Waals surface area contributed by atoms with Crippen LogP contribution in [-0.2, 0) is 0 Å². The molecule has 1 aromatic carbocycles. The lowest BCUT2D eigenvalue weighted by Crippen LogP contribution is -2.50. The molecule has 1 N–H and O–H groups in total. The molecule has 7 heteroatoms. The molecule has 0 radical (unpaired) electrons. The number of rotatable bonds is 2. The molecule has 0 spiro atoms. The molecule has 1 aliphatic heterocycles. The molecule has 126 valence electrons. The van der Waals surface area contributed by atoms with Gasteiger partial charge in [0, 0.05) is 36.1 Å². The first-order valence-electron chi connectivity index (χ1n) is 7.59. The van der Waals surface area contributed by atoms with Gasteiger partial charge in [0.05, 0.1) is 10.4 Å².